The van der Waals surface area contributed by atoms with E-state index in [0.29, 0.717) is 12.6 Å². The van der Waals surface area contributed by atoms with Crippen LogP contribution in [-0.2, 0) is 0 Å². The summed E-state index contributed by atoms with van der Waals surface area (Å²) >= 11 is 0. The second kappa shape index (κ2) is 7.30. The van der Waals surface area contributed by atoms with Crippen molar-refractivity contribution in [3.8, 4) is 5.75 Å². The highest BCUT2D eigenvalue weighted by atomic mass is 16.5. The molecule has 2 N–H and O–H groups in total. The summed E-state index contributed by atoms with van der Waals surface area (Å²) in [6.07, 6.45) is 0.808. The lowest BCUT2D eigenvalue weighted by atomic mass is 10.2. The summed E-state index contributed by atoms with van der Waals surface area (Å²) in [6.45, 7) is 6.97. The average molecular weight is 237 g/mol. The highest BCUT2D eigenvalue weighted by Crippen LogP contribution is 2.11. The largest absolute Gasteiger partial charge is 0.494 e. The van der Waals surface area contributed by atoms with E-state index in [0.717, 1.165) is 12.2 Å². The second-order valence-electron chi connectivity index (χ2n) is 4.65. The van der Waals surface area contributed by atoms with Crippen LogP contribution in [0.5, 0.6) is 5.75 Å². The fraction of sp³-hybridized carbons (Fsp3) is 0.571. The number of rotatable bonds is 7. The molecule has 0 heterocycles. The Kier molecular flexibility index (Phi) is 6.01. The summed E-state index contributed by atoms with van der Waals surface area (Å²) in [7, 11) is 0. The van der Waals surface area contributed by atoms with Crippen LogP contribution in [0.3, 0.4) is 0 Å². The van der Waals surface area contributed by atoms with Crippen LogP contribution in [0.2, 0.25) is 0 Å². The van der Waals surface area contributed by atoms with Crippen molar-refractivity contribution in [2.24, 2.45) is 0 Å². The van der Waals surface area contributed by atoms with Crippen molar-refractivity contribution >= 4 is 0 Å². The van der Waals surface area contributed by atoms with Gasteiger partial charge in [-0.1, -0.05) is 31.5 Å². The SMILES string of the molecule is Cc1ccc(OCCC(CO)NC(C)C)cc1. The maximum Gasteiger partial charge on any atom is 0.119 e. The Morgan fingerprint density at radius 2 is 1.88 bits per heavy atom. The molecule has 0 bridgehead atoms. The summed E-state index contributed by atoms with van der Waals surface area (Å²) in [5.74, 6) is 0.886. The van der Waals surface area contributed by atoms with Crippen molar-refractivity contribution in [2.45, 2.75) is 39.3 Å². The Morgan fingerprint density at radius 3 is 2.41 bits per heavy atom. The third-order valence-corrected chi connectivity index (χ3v) is 2.55. The van der Waals surface area contributed by atoms with Gasteiger partial charge in [0.05, 0.1) is 13.2 Å². The standard InChI is InChI=1S/C14H23NO2/c1-11(2)15-13(10-16)8-9-17-14-6-4-12(3)5-7-14/h4-7,11,13,15-16H,8-10H2,1-3H3. The fourth-order valence-corrected chi connectivity index (χ4v) is 1.65. The summed E-state index contributed by atoms with van der Waals surface area (Å²) < 4.78 is 5.62. The first-order valence-electron chi connectivity index (χ1n) is 6.18. The molecule has 1 aromatic rings. The van der Waals surface area contributed by atoms with Gasteiger partial charge in [0.2, 0.25) is 0 Å². The minimum absolute atomic E-state index is 0.112. The molecule has 17 heavy (non-hydrogen) atoms. The Bertz CT molecular complexity index is 309. The molecule has 1 aromatic carbocycles. The maximum absolute atomic E-state index is 9.19. The molecule has 3 heteroatoms. The third kappa shape index (κ3) is 5.71. The Hall–Kier alpha value is -1.06. The molecule has 0 saturated heterocycles. The van der Waals surface area contributed by atoms with Crippen LogP contribution < -0.4 is 10.1 Å². The van der Waals surface area contributed by atoms with Gasteiger partial charge in [-0.3, -0.25) is 0 Å². The van der Waals surface area contributed by atoms with Crippen LogP contribution in [-0.4, -0.2) is 30.4 Å². The van der Waals surface area contributed by atoms with Gasteiger partial charge < -0.3 is 15.2 Å². The summed E-state index contributed by atoms with van der Waals surface area (Å²) in [5, 5.41) is 12.5. The molecule has 0 amide bonds. The van der Waals surface area contributed by atoms with Crippen LogP contribution in [0, 0.1) is 6.92 Å². The normalized spacial score (nSPS) is 12.8. The number of hydrogen-bond acceptors (Lipinski definition) is 3. The number of hydrogen-bond donors (Lipinski definition) is 2. The number of nitrogens with one attached hydrogen (secondary N) is 1. The summed E-state index contributed by atoms with van der Waals surface area (Å²) in [4.78, 5) is 0. The van der Waals surface area contributed by atoms with Crippen LogP contribution in [0.25, 0.3) is 0 Å². The minimum Gasteiger partial charge on any atom is -0.494 e. The highest BCUT2D eigenvalue weighted by molar-refractivity contribution is 5.26. The lowest BCUT2D eigenvalue weighted by Gasteiger charge is -2.19. The van der Waals surface area contributed by atoms with Gasteiger partial charge in [0.15, 0.2) is 0 Å². The smallest absolute Gasteiger partial charge is 0.119 e. The van der Waals surface area contributed by atoms with Crippen molar-refractivity contribution in [1.29, 1.82) is 0 Å². The molecule has 0 radical (unpaired) electrons. The van der Waals surface area contributed by atoms with Crippen molar-refractivity contribution in [3.63, 3.8) is 0 Å². The quantitative estimate of drug-likeness (QED) is 0.763. The van der Waals surface area contributed by atoms with E-state index in [1.165, 1.54) is 5.56 Å². The van der Waals surface area contributed by atoms with Gasteiger partial charge in [0.25, 0.3) is 0 Å². The molecule has 3 nitrogen and oxygen atoms in total. The van der Waals surface area contributed by atoms with E-state index in [1.54, 1.807) is 0 Å². The third-order valence-electron chi connectivity index (χ3n) is 2.55. The highest BCUT2D eigenvalue weighted by Gasteiger charge is 2.08. The molecule has 0 aliphatic heterocycles. The number of benzene rings is 1. The summed E-state index contributed by atoms with van der Waals surface area (Å²) in [6, 6.07) is 8.50. The average Bonchev–Trinajstić information content (AvgIpc) is 2.30. The van der Waals surface area contributed by atoms with E-state index in [9.17, 15) is 5.11 Å². The number of aliphatic hydroxyl groups is 1. The van der Waals surface area contributed by atoms with Crippen molar-refractivity contribution < 1.29 is 9.84 Å². The molecule has 0 aliphatic carbocycles. The molecular formula is C14H23NO2. The van der Waals surface area contributed by atoms with Gasteiger partial charge in [0, 0.05) is 12.1 Å². The van der Waals surface area contributed by atoms with Crippen LogP contribution >= 0.6 is 0 Å². The first-order chi connectivity index (χ1) is 8.11. The van der Waals surface area contributed by atoms with E-state index in [1.807, 2.05) is 24.3 Å². The van der Waals surface area contributed by atoms with E-state index in [4.69, 9.17) is 4.74 Å². The van der Waals surface area contributed by atoms with Crippen molar-refractivity contribution in [2.75, 3.05) is 13.2 Å². The molecule has 0 saturated carbocycles. The summed E-state index contributed by atoms with van der Waals surface area (Å²) in [5.41, 5.74) is 1.23. The minimum atomic E-state index is 0.112. The lowest BCUT2D eigenvalue weighted by molar-refractivity contribution is 0.202. The Balaban J connectivity index is 2.28. The van der Waals surface area contributed by atoms with Gasteiger partial charge in [-0.15, -0.1) is 0 Å². The number of ether oxygens (including phenoxy) is 1. The second-order valence-corrected chi connectivity index (χ2v) is 4.65. The zero-order valence-corrected chi connectivity index (χ0v) is 10.9. The molecule has 0 aromatic heterocycles. The van der Waals surface area contributed by atoms with E-state index in [2.05, 4.69) is 26.1 Å². The first-order valence-corrected chi connectivity index (χ1v) is 6.18. The number of aryl methyl sites for hydroxylation is 1. The molecule has 1 unspecified atom stereocenters. The van der Waals surface area contributed by atoms with Crippen molar-refractivity contribution in [1.82, 2.24) is 5.32 Å². The predicted octanol–water partition coefficient (Wildman–Crippen LogP) is 2.12. The first kappa shape index (κ1) is 14.0. The molecule has 1 rings (SSSR count). The monoisotopic (exact) mass is 237 g/mol. The van der Waals surface area contributed by atoms with E-state index < -0.39 is 0 Å². The molecule has 0 fully saturated rings. The molecular weight excluding hydrogens is 214 g/mol. The van der Waals surface area contributed by atoms with Crippen molar-refractivity contribution in [3.05, 3.63) is 29.8 Å². The zero-order valence-electron chi connectivity index (χ0n) is 10.9. The van der Waals surface area contributed by atoms with Gasteiger partial charge in [0.1, 0.15) is 5.75 Å². The molecule has 1 atom stereocenters. The van der Waals surface area contributed by atoms with Crippen LogP contribution in [0.1, 0.15) is 25.8 Å². The van der Waals surface area contributed by atoms with Crippen LogP contribution in [0.15, 0.2) is 24.3 Å². The topological polar surface area (TPSA) is 41.5 Å². The molecule has 96 valence electrons. The fourth-order valence-electron chi connectivity index (χ4n) is 1.65. The Labute approximate surface area is 104 Å². The Morgan fingerprint density at radius 1 is 1.24 bits per heavy atom. The number of aliphatic hydroxyl groups excluding tert-OH is 1. The predicted molar refractivity (Wildman–Crippen MR) is 70.4 cm³/mol. The van der Waals surface area contributed by atoms with Gasteiger partial charge in [-0.2, -0.15) is 0 Å². The van der Waals surface area contributed by atoms with Gasteiger partial charge in [-0.25, -0.2) is 0 Å². The van der Waals surface area contributed by atoms with Crippen LogP contribution in [0.4, 0.5) is 0 Å². The van der Waals surface area contributed by atoms with E-state index >= 15 is 0 Å². The molecule has 0 aliphatic rings. The lowest BCUT2D eigenvalue weighted by Crippen LogP contribution is -2.38. The molecule has 0 spiro atoms. The maximum atomic E-state index is 9.19. The van der Waals surface area contributed by atoms with Gasteiger partial charge in [-0.05, 0) is 25.5 Å². The van der Waals surface area contributed by atoms with E-state index in [-0.39, 0.29) is 12.6 Å². The van der Waals surface area contributed by atoms with Gasteiger partial charge >= 0.3 is 0 Å². The zero-order chi connectivity index (χ0) is 12.7.